The van der Waals surface area contributed by atoms with Gasteiger partial charge in [0.1, 0.15) is 11.6 Å². The Hall–Kier alpha value is -3.73. The molecule has 1 unspecified atom stereocenters. The second-order valence-electron chi connectivity index (χ2n) is 8.80. The van der Waals surface area contributed by atoms with Crippen LogP contribution in [-0.2, 0) is 29.5 Å². The van der Waals surface area contributed by atoms with Crippen molar-refractivity contribution in [1.29, 1.82) is 0 Å². The Morgan fingerprint density at radius 2 is 1.81 bits per heavy atom. The minimum atomic E-state index is -0.542. The Kier molecular flexibility index (Phi) is 3.24. The molecule has 0 saturated heterocycles. The normalized spacial score (nSPS) is 20.8. The molecule has 2 aromatic heterocycles. The molecule has 7 rings (SSSR count). The Morgan fingerprint density at radius 3 is 2.74 bits per heavy atom. The molecule has 4 aromatic rings. The van der Waals surface area contributed by atoms with Crippen molar-refractivity contribution >= 4 is 34.1 Å². The molecule has 2 aromatic carbocycles. The highest BCUT2D eigenvalue weighted by molar-refractivity contribution is 6.06. The number of carbonyl (C=O) groups is 1. The molecule has 0 fully saturated rings. The van der Waals surface area contributed by atoms with Gasteiger partial charge < -0.3 is 10.2 Å². The number of anilines is 3. The molecule has 0 bridgehead atoms. The first-order valence-electron chi connectivity index (χ1n) is 10.8. The average molecular weight is 404 g/mol. The quantitative estimate of drug-likeness (QED) is 0.514. The number of nitrogens with zero attached hydrogens (tertiary/aromatic N) is 3. The van der Waals surface area contributed by atoms with Gasteiger partial charge in [-0.15, -0.1) is 0 Å². The minimum absolute atomic E-state index is 0.0591. The van der Waals surface area contributed by atoms with Crippen LogP contribution in [0.5, 0.6) is 0 Å². The van der Waals surface area contributed by atoms with E-state index < -0.39 is 5.41 Å². The first-order valence-corrected chi connectivity index (χ1v) is 10.8. The summed E-state index contributed by atoms with van der Waals surface area (Å²) in [7, 11) is 0. The predicted octanol–water partition coefficient (Wildman–Crippen LogP) is 4.31. The Balaban J connectivity index is 1.31. The first-order chi connectivity index (χ1) is 15.2. The van der Waals surface area contributed by atoms with Crippen LogP contribution in [0.2, 0.25) is 0 Å². The molecule has 1 atom stereocenters. The van der Waals surface area contributed by atoms with Crippen LogP contribution in [0.25, 0.3) is 10.9 Å². The first kappa shape index (κ1) is 17.0. The van der Waals surface area contributed by atoms with Crippen LogP contribution >= 0.6 is 0 Å². The Morgan fingerprint density at radius 1 is 0.935 bits per heavy atom. The van der Waals surface area contributed by atoms with E-state index in [2.05, 4.69) is 63.7 Å². The van der Waals surface area contributed by atoms with Gasteiger partial charge in [-0.25, -0.2) is 9.97 Å². The molecule has 0 saturated carbocycles. The number of amides is 1. The van der Waals surface area contributed by atoms with Crippen molar-refractivity contribution < 1.29 is 4.79 Å². The van der Waals surface area contributed by atoms with Gasteiger partial charge in [0, 0.05) is 29.4 Å². The maximum Gasteiger partial charge on any atom is 0.237 e. The fourth-order valence-electron chi connectivity index (χ4n) is 5.61. The van der Waals surface area contributed by atoms with Gasteiger partial charge in [0.25, 0.3) is 0 Å². The standard InChI is InChI=1S/C26H20N4O/c31-25-26(20-5-3-10-27-24(20)29-25)14-18-12-17-7-8-23(28-21(17)13-19(18)15-26)30-11-9-16-4-1-2-6-22(16)30/h1-8,10,12-13H,9,11,14-15H2,(H,27,29,31). The van der Waals surface area contributed by atoms with Crippen LogP contribution in [0.4, 0.5) is 17.3 Å². The molecule has 4 heterocycles. The van der Waals surface area contributed by atoms with E-state index >= 15 is 0 Å². The predicted molar refractivity (Wildman–Crippen MR) is 121 cm³/mol. The zero-order chi connectivity index (χ0) is 20.6. The van der Waals surface area contributed by atoms with Crippen LogP contribution < -0.4 is 10.2 Å². The highest BCUT2D eigenvalue weighted by Gasteiger charge is 2.51. The number of hydrogen-bond donors (Lipinski definition) is 1. The summed E-state index contributed by atoms with van der Waals surface area (Å²) >= 11 is 0. The van der Waals surface area contributed by atoms with Crippen molar-refractivity contribution in [2.75, 3.05) is 16.8 Å². The monoisotopic (exact) mass is 404 g/mol. The van der Waals surface area contributed by atoms with Crippen LogP contribution in [0.3, 0.4) is 0 Å². The van der Waals surface area contributed by atoms with Gasteiger partial charge >= 0.3 is 0 Å². The van der Waals surface area contributed by atoms with Crippen molar-refractivity contribution in [2.45, 2.75) is 24.7 Å². The molecule has 5 heteroatoms. The number of benzene rings is 2. The maximum absolute atomic E-state index is 13.0. The zero-order valence-corrected chi connectivity index (χ0v) is 16.9. The zero-order valence-electron chi connectivity index (χ0n) is 16.9. The lowest BCUT2D eigenvalue weighted by Gasteiger charge is -2.20. The molecule has 1 N–H and O–H groups in total. The van der Waals surface area contributed by atoms with Crippen LogP contribution in [0.15, 0.2) is 66.9 Å². The van der Waals surface area contributed by atoms with E-state index in [9.17, 15) is 4.79 Å². The number of rotatable bonds is 1. The highest BCUT2D eigenvalue weighted by atomic mass is 16.2. The SMILES string of the molecule is O=C1Nc2ncccc2C12Cc1cc3ccc(N4CCc5ccccc54)nc3cc1C2. The van der Waals surface area contributed by atoms with Crippen LogP contribution in [0.1, 0.15) is 22.3 Å². The second-order valence-corrected chi connectivity index (χ2v) is 8.80. The van der Waals surface area contributed by atoms with Crippen molar-refractivity contribution in [2.24, 2.45) is 0 Å². The average Bonchev–Trinajstić information content (AvgIpc) is 3.46. The van der Waals surface area contributed by atoms with E-state index in [0.717, 1.165) is 35.2 Å². The number of hydrogen-bond acceptors (Lipinski definition) is 4. The lowest BCUT2D eigenvalue weighted by Crippen LogP contribution is -2.35. The number of nitrogens with one attached hydrogen (secondary N) is 1. The smallest absolute Gasteiger partial charge is 0.237 e. The summed E-state index contributed by atoms with van der Waals surface area (Å²) in [5, 5.41) is 4.11. The third kappa shape index (κ3) is 2.29. The van der Waals surface area contributed by atoms with Gasteiger partial charge in [0.15, 0.2) is 0 Å². The molecule has 1 spiro atoms. The van der Waals surface area contributed by atoms with Gasteiger partial charge in [0.2, 0.25) is 5.91 Å². The highest BCUT2D eigenvalue weighted by Crippen LogP contribution is 2.47. The summed E-state index contributed by atoms with van der Waals surface area (Å²) < 4.78 is 0. The summed E-state index contributed by atoms with van der Waals surface area (Å²) in [6.07, 6.45) is 4.19. The van der Waals surface area contributed by atoms with Gasteiger partial charge in [-0.2, -0.15) is 0 Å². The molecule has 150 valence electrons. The van der Waals surface area contributed by atoms with Gasteiger partial charge in [0.05, 0.1) is 10.9 Å². The third-order valence-electron chi connectivity index (χ3n) is 7.13. The fraction of sp³-hybridized carbons (Fsp3) is 0.192. The number of para-hydroxylation sites is 1. The van der Waals surface area contributed by atoms with Crippen LogP contribution in [-0.4, -0.2) is 22.4 Å². The summed E-state index contributed by atoms with van der Waals surface area (Å²) in [5.74, 6) is 1.75. The van der Waals surface area contributed by atoms with Gasteiger partial charge in [-0.1, -0.05) is 24.3 Å². The second kappa shape index (κ2) is 5.91. The molecular formula is C26H20N4O. The van der Waals surface area contributed by atoms with Crippen molar-refractivity contribution in [1.82, 2.24) is 9.97 Å². The van der Waals surface area contributed by atoms with Crippen molar-refractivity contribution in [3.8, 4) is 0 Å². The van der Waals surface area contributed by atoms with Gasteiger partial charge in [-0.3, -0.25) is 4.79 Å². The third-order valence-corrected chi connectivity index (χ3v) is 7.13. The van der Waals surface area contributed by atoms with E-state index in [1.54, 1.807) is 6.20 Å². The lowest BCUT2D eigenvalue weighted by atomic mass is 9.79. The molecule has 0 radical (unpaired) electrons. The number of fused-ring (bicyclic) bond motifs is 5. The topological polar surface area (TPSA) is 58.1 Å². The summed E-state index contributed by atoms with van der Waals surface area (Å²) in [6, 6.07) is 21.2. The van der Waals surface area contributed by atoms with Gasteiger partial charge in [-0.05, 0) is 72.4 Å². The largest absolute Gasteiger partial charge is 0.326 e. The van der Waals surface area contributed by atoms with Crippen molar-refractivity contribution in [3.63, 3.8) is 0 Å². The summed E-state index contributed by atoms with van der Waals surface area (Å²) in [5.41, 5.74) is 6.54. The molecule has 5 nitrogen and oxygen atoms in total. The Bertz CT molecular complexity index is 1410. The van der Waals surface area contributed by atoms with E-state index in [1.165, 1.54) is 22.4 Å². The number of pyridine rings is 2. The number of aromatic nitrogens is 2. The van der Waals surface area contributed by atoms with E-state index in [0.29, 0.717) is 18.7 Å². The maximum atomic E-state index is 13.0. The lowest BCUT2D eigenvalue weighted by molar-refractivity contribution is -0.120. The van der Waals surface area contributed by atoms with E-state index in [4.69, 9.17) is 4.98 Å². The molecule has 1 amide bonds. The fourth-order valence-corrected chi connectivity index (χ4v) is 5.61. The molecule has 1 aliphatic carbocycles. The molecular weight excluding hydrogens is 384 g/mol. The molecule has 2 aliphatic heterocycles. The summed E-state index contributed by atoms with van der Waals surface area (Å²) in [4.78, 5) is 24.7. The Labute approximate surface area is 179 Å². The summed E-state index contributed by atoms with van der Waals surface area (Å²) in [6.45, 7) is 0.954. The van der Waals surface area contributed by atoms with Crippen LogP contribution in [0, 0.1) is 0 Å². The van der Waals surface area contributed by atoms with Crippen molar-refractivity contribution in [3.05, 3.63) is 89.1 Å². The molecule has 31 heavy (non-hydrogen) atoms. The van der Waals surface area contributed by atoms with E-state index in [1.807, 2.05) is 12.1 Å². The number of carbonyl (C=O) groups excluding carboxylic acids is 1. The minimum Gasteiger partial charge on any atom is -0.326 e. The van der Waals surface area contributed by atoms with E-state index in [-0.39, 0.29) is 5.91 Å². The molecule has 3 aliphatic rings.